The van der Waals surface area contributed by atoms with E-state index in [-0.39, 0.29) is 30.9 Å². The molecule has 5 heteroatoms. The van der Waals surface area contributed by atoms with Crippen LogP contribution in [0.1, 0.15) is 12.0 Å². The number of rotatable bonds is 2. The third kappa shape index (κ3) is 1.84. The first-order valence-electron chi connectivity index (χ1n) is 5.44. The molecule has 1 aromatic rings. The summed E-state index contributed by atoms with van der Waals surface area (Å²) in [6.45, 7) is 0.237. The number of benzene rings is 1. The summed E-state index contributed by atoms with van der Waals surface area (Å²) in [5.74, 6) is 0.782. The SMILES string of the molecule is O=C1CC(Cc2ccc3c(c2)OCO3)C(=O)N1. The van der Waals surface area contributed by atoms with Crippen molar-refractivity contribution in [3.8, 4) is 11.5 Å². The number of amides is 2. The lowest BCUT2D eigenvalue weighted by Gasteiger charge is -2.06. The van der Waals surface area contributed by atoms with E-state index >= 15 is 0 Å². The van der Waals surface area contributed by atoms with E-state index in [1.807, 2.05) is 18.2 Å². The van der Waals surface area contributed by atoms with Gasteiger partial charge in [-0.25, -0.2) is 0 Å². The zero-order valence-corrected chi connectivity index (χ0v) is 9.06. The summed E-state index contributed by atoms with van der Waals surface area (Å²) in [7, 11) is 0. The average molecular weight is 233 g/mol. The predicted octanol–water partition coefficient (Wildman–Crippen LogP) is 0.620. The van der Waals surface area contributed by atoms with E-state index in [2.05, 4.69) is 5.32 Å². The number of imide groups is 1. The fourth-order valence-electron chi connectivity index (χ4n) is 2.12. The van der Waals surface area contributed by atoms with Gasteiger partial charge in [-0.1, -0.05) is 6.07 Å². The van der Waals surface area contributed by atoms with Gasteiger partial charge in [0, 0.05) is 6.42 Å². The van der Waals surface area contributed by atoms with Crippen LogP contribution in [-0.2, 0) is 16.0 Å². The van der Waals surface area contributed by atoms with Crippen LogP contribution < -0.4 is 14.8 Å². The Hall–Kier alpha value is -2.04. The van der Waals surface area contributed by atoms with Gasteiger partial charge in [0.25, 0.3) is 0 Å². The smallest absolute Gasteiger partial charge is 0.231 e. The summed E-state index contributed by atoms with van der Waals surface area (Å²) < 4.78 is 10.5. The van der Waals surface area contributed by atoms with Crippen molar-refractivity contribution in [2.45, 2.75) is 12.8 Å². The quantitative estimate of drug-likeness (QED) is 0.760. The Morgan fingerprint density at radius 2 is 2.06 bits per heavy atom. The van der Waals surface area contributed by atoms with Crippen molar-refractivity contribution in [2.24, 2.45) is 5.92 Å². The lowest BCUT2D eigenvalue weighted by atomic mass is 9.98. The predicted molar refractivity (Wildman–Crippen MR) is 57.5 cm³/mol. The second-order valence-electron chi connectivity index (χ2n) is 4.21. The normalized spacial score (nSPS) is 21.8. The minimum atomic E-state index is -0.261. The van der Waals surface area contributed by atoms with Crippen LogP contribution in [0.3, 0.4) is 0 Å². The third-order valence-electron chi connectivity index (χ3n) is 2.98. The molecule has 0 saturated carbocycles. The summed E-state index contributed by atoms with van der Waals surface area (Å²) >= 11 is 0. The molecule has 1 atom stereocenters. The Morgan fingerprint density at radius 3 is 2.82 bits per heavy atom. The van der Waals surface area contributed by atoms with E-state index in [9.17, 15) is 9.59 Å². The summed E-state index contributed by atoms with van der Waals surface area (Å²) in [4.78, 5) is 22.5. The Labute approximate surface area is 97.7 Å². The van der Waals surface area contributed by atoms with E-state index in [1.165, 1.54) is 0 Å². The largest absolute Gasteiger partial charge is 0.454 e. The van der Waals surface area contributed by atoms with Crippen LogP contribution in [0.5, 0.6) is 11.5 Å². The Kier molecular flexibility index (Phi) is 2.24. The van der Waals surface area contributed by atoms with Gasteiger partial charge in [0.15, 0.2) is 11.5 Å². The molecule has 5 nitrogen and oxygen atoms in total. The zero-order chi connectivity index (χ0) is 11.8. The summed E-state index contributed by atoms with van der Waals surface area (Å²) in [6, 6.07) is 5.58. The molecule has 0 spiro atoms. The lowest BCUT2D eigenvalue weighted by Crippen LogP contribution is -2.22. The monoisotopic (exact) mass is 233 g/mol. The van der Waals surface area contributed by atoms with Gasteiger partial charge in [0.1, 0.15) is 0 Å². The van der Waals surface area contributed by atoms with Gasteiger partial charge in [-0.05, 0) is 24.1 Å². The molecule has 17 heavy (non-hydrogen) atoms. The number of carbonyl (C=O) groups excluding carboxylic acids is 2. The molecule has 2 heterocycles. The molecule has 2 aliphatic heterocycles. The molecule has 1 N–H and O–H groups in total. The topological polar surface area (TPSA) is 64.6 Å². The van der Waals surface area contributed by atoms with E-state index in [1.54, 1.807) is 0 Å². The fraction of sp³-hybridized carbons (Fsp3) is 0.333. The molecule has 1 unspecified atom stereocenters. The van der Waals surface area contributed by atoms with E-state index in [0.717, 1.165) is 11.3 Å². The van der Waals surface area contributed by atoms with Crippen LogP contribution in [0.15, 0.2) is 18.2 Å². The van der Waals surface area contributed by atoms with Crippen molar-refractivity contribution in [1.82, 2.24) is 5.32 Å². The van der Waals surface area contributed by atoms with Crippen molar-refractivity contribution < 1.29 is 19.1 Å². The van der Waals surface area contributed by atoms with Crippen molar-refractivity contribution in [3.63, 3.8) is 0 Å². The van der Waals surface area contributed by atoms with Crippen molar-refractivity contribution in [2.75, 3.05) is 6.79 Å². The van der Waals surface area contributed by atoms with Gasteiger partial charge in [0.05, 0.1) is 5.92 Å². The van der Waals surface area contributed by atoms with Crippen LogP contribution in [-0.4, -0.2) is 18.6 Å². The Bertz CT molecular complexity index is 497. The minimum absolute atomic E-state index is 0.187. The second kappa shape index (κ2) is 3.76. The molecule has 1 aromatic carbocycles. The maximum absolute atomic E-state index is 11.4. The third-order valence-corrected chi connectivity index (χ3v) is 2.98. The second-order valence-corrected chi connectivity index (χ2v) is 4.21. The molecular weight excluding hydrogens is 222 g/mol. The number of hydrogen-bond acceptors (Lipinski definition) is 4. The molecule has 2 amide bonds. The van der Waals surface area contributed by atoms with Crippen molar-refractivity contribution in [3.05, 3.63) is 23.8 Å². The van der Waals surface area contributed by atoms with Gasteiger partial charge >= 0.3 is 0 Å². The summed E-state index contributed by atoms with van der Waals surface area (Å²) in [6.07, 6.45) is 0.821. The Balaban J connectivity index is 1.77. The highest BCUT2D eigenvalue weighted by Crippen LogP contribution is 2.33. The van der Waals surface area contributed by atoms with Gasteiger partial charge in [0.2, 0.25) is 18.6 Å². The molecule has 0 radical (unpaired) electrons. The first kappa shape index (κ1) is 10.1. The zero-order valence-electron chi connectivity index (χ0n) is 9.06. The number of fused-ring (bicyclic) bond motifs is 1. The summed E-state index contributed by atoms with van der Waals surface area (Å²) in [5, 5.41) is 2.31. The first-order valence-corrected chi connectivity index (χ1v) is 5.44. The molecule has 1 fully saturated rings. The minimum Gasteiger partial charge on any atom is -0.454 e. The Morgan fingerprint density at radius 1 is 1.24 bits per heavy atom. The molecular formula is C12H11NO4. The standard InChI is InChI=1S/C12H11NO4/c14-11-5-8(12(15)13-11)3-7-1-2-9-10(4-7)17-6-16-9/h1-2,4,8H,3,5-6H2,(H,13,14,15). The van der Waals surface area contributed by atoms with Crippen LogP contribution in [0, 0.1) is 5.92 Å². The number of ether oxygens (including phenoxy) is 2. The fourth-order valence-corrected chi connectivity index (χ4v) is 2.12. The highest BCUT2D eigenvalue weighted by molar-refractivity contribution is 6.03. The highest BCUT2D eigenvalue weighted by atomic mass is 16.7. The van der Waals surface area contributed by atoms with Crippen molar-refractivity contribution >= 4 is 11.8 Å². The molecule has 0 aliphatic carbocycles. The maximum Gasteiger partial charge on any atom is 0.231 e. The van der Waals surface area contributed by atoms with E-state index in [4.69, 9.17) is 9.47 Å². The molecule has 1 saturated heterocycles. The average Bonchev–Trinajstić information content (AvgIpc) is 2.85. The van der Waals surface area contributed by atoms with Gasteiger partial charge in [-0.3, -0.25) is 14.9 Å². The summed E-state index contributed by atoms with van der Waals surface area (Å²) in [5.41, 5.74) is 0.976. The van der Waals surface area contributed by atoms with Crippen LogP contribution in [0.4, 0.5) is 0 Å². The first-order chi connectivity index (χ1) is 8.22. The van der Waals surface area contributed by atoms with Crippen LogP contribution >= 0.6 is 0 Å². The maximum atomic E-state index is 11.4. The van der Waals surface area contributed by atoms with Gasteiger partial charge < -0.3 is 9.47 Å². The molecule has 2 aliphatic rings. The van der Waals surface area contributed by atoms with E-state index in [0.29, 0.717) is 12.2 Å². The lowest BCUT2D eigenvalue weighted by molar-refractivity contribution is -0.125. The molecule has 88 valence electrons. The van der Waals surface area contributed by atoms with Gasteiger partial charge in [-0.2, -0.15) is 0 Å². The molecule has 0 aromatic heterocycles. The molecule has 3 rings (SSSR count). The van der Waals surface area contributed by atoms with E-state index < -0.39 is 0 Å². The molecule has 0 bridgehead atoms. The van der Waals surface area contributed by atoms with Crippen LogP contribution in [0.2, 0.25) is 0 Å². The number of carbonyl (C=O) groups is 2. The van der Waals surface area contributed by atoms with Gasteiger partial charge in [-0.15, -0.1) is 0 Å². The number of hydrogen-bond donors (Lipinski definition) is 1. The van der Waals surface area contributed by atoms with Crippen molar-refractivity contribution in [1.29, 1.82) is 0 Å². The van der Waals surface area contributed by atoms with Crippen LogP contribution in [0.25, 0.3) is 0 Å². The highest BCUT2D eigenvalue weighted by Gasteiger charge is 2.30. The number of nitrogens with one attached hydrogen (secondary N) is 1.